The van der Waals surface area contributed by atoms with Crippen molar-refractivity contribution in [2.24, 2.45) is 0 Å². The number of benzene rings is 1. The molecule has 1 rings (SSSR count). The van der Waals surface area contributed by atoms with Crippen molar-refractivity contribution in [1.82, 2.24) is 5.32 Å². The molecule has 0 aromatic heterocycles. The molecular formula is C12H18FIN2. The molecule has 1 aromatic carbocycles. The van der Waals surface area contributed by atoms with E-state index in [1.165, 1.54) is 12.1 Å². The zero-order valence-electron chi connectivity index (χ0n) is 9.90. The van der Waals surface area contributed by atoms with Crippen molar-refractivity contribution in [3.8, 4) is 0 Å². The molecule has 4 heteroatoms. The topological polar surface area (TPSA) is 24.1 Å². The Bertz CT molecular complexity index is 347. The first-order valence-electron chi connectivity index (χ1n) is 5.32. The van der Waals surface area contributed by atoms with E-state index < -0.39 is 0 Å². The third kappa shape index (κ3) is 5.12. The van der Waals surface area contributed by atoms with Crippen LogP contribution in [0.5, 0.6) is 0 Å². The minimum Gasteiger partial charge on any atom is -0.383 e. The van der Waals surface area contributed by atoms with Crippen LogP contribution < -0.4 is 10.6 Å². The molecular weight excluding hydrogens is 318 g/mol. The van der Waals surface area contributed by atoms with Crippen molar-refractivity contribution in [1.29, 1.82) is 0 Å². The van der Waals surface area contributed by atoms with Gasteiger partial charge in [-0.15, -0.1) is 0 Å². The zero-order valence-corrected chi connectivity index (χ0v) is 12.1. The second kappa shape index (κ2) is 5.82. The van der Waals surface area contributed by atoms with Crippen LogP contribution in [-0.4, -0.2) is 18.6 Å². The lowest BCUT2D eigenvalue weighted by Crippen LogP contribution is -2.38. The van der Waals surface area contributed by atoms with E-state index in [0.717, 1.165) is 22.3 Å². The maximum absolute atomic E-state index is 12.8. The maximum atomic E-state index is 12.8. The summed E-state index contributed by atoms with van der Waals surface area (Å²) in [4.78, 5) is 0. The Labute approximate surface area is 110 Å². The number of rotatable bonds is 4. The van der Waals surface area contributed by atoms with Gasteiger partial charge in [-0.2, -0.15) is 0 Å². The number of nitrogens with one attached hydrogen (secondary N) is 2. The Hall–Kier alpha value is -0.360. The van der Waals surface area contributed by atoms with E-state index in [0.29, 0.717) is 0 Å². The van der Waals surface area contributed by atoms with Gasteiger partial charge >= 0.3 is 0 Å². The van der Waals surface area contributed by atoms with E-state index in [1.807, 2.05) is 0 Å². The van der Waals surface area contributed by atoms with Crippen molar-refractivity contribution in [2.45, 2.75) is 26.3 Å². The van der Waals surface area contributed by atoms with Gasteiger partial charge < -0.3 is 10.6 Å². The standard InChI is InChI=1S/C12H18FIN2/c1-12(2,3)16-7-6-15-11-5-4-9(13)8-10(11)14/h4-5,8,15-16H,6-7H2,1-3H3. The summed E-state index contributed by atoms with van der Waals surface area (Å²) < 4.78 is 13.8. The molecule has 0 aliphatic heterocycles. The van der Waals surface area contributed by atoms with Crippen LogP contribution >= 0.6 is 22.6 Å². The summed E-state index contributed by atoms with van der Waals surface area (Å²) in [5, 5.41) is 6.66. The lowest BCUT2D eigenvalue weighted by Gasteiger charge is -2.20. The van der Waals surface area contributed by atoms with E-state index in [4.69, 9.17) is 0 Å². The van der Waals surface area contributed by atoms with Gasteiger partial charge in [-0.3, -0.25) is 0 Å². The fourth-order valence-electron chi connectivity index (χ4n) is 1.27. The molecule has 0 radical (unpaired) electrons. The minimum atomic E-state index is -0.192. The molecule has 0 bridgehead atoms. The summed E-state index contributed by atoms with van der Waals surface area (Å²) in [7, 11) is 0. The molecule has 16 heavy (non-hydrogen) atoms. The van der Waals surface area contributed by atoms with Crippen molar-refractivity contribution in [3.63, 3.8) is 0 Å². The Morgan fingerprint density at radius 3 is 2.50 bits per heavy atom. The third-order valence-corrected chi connectivity index (χ3v) is 2.92. The Morgan fingerprint density at radius 2 is 1.94 bits per heavy atom. The summed E-state index contributed by atoms with van der Waals surface area (Å²) in [6.45, 7) is 8.12. The highest BCUT2D eigenvalue weighted by Gasteiger charge is 2.07. The highest BCUT2D eigenvalue weighted by molar-refractivity contribution is 14.1. The van der Waals surface area contributed by atoms with Crippen molar-refractivity contribution in [3.05, 3.63) is 27.6 Å². The fourth-order valence-corrected chi connectivity index (χ4v) is 1.94. The molecule has 0 saturated carbocycles. The normalized spacial score (nSPS) is 11.6. The van der Waals surface area contributed by atoms with Crippen LogP contribution in [0, 0.1) is 9.39 Å². The monoisotopic (exact) mass is 336 g/mol. The van der Waals surface area contributed by atoms with Crippen LogP contribution in [-0.2, 0) is 0 Å². The van der Waals surface area contributed by atoms with Gasteiger partial charge in [0.05, 0.1) is 0 Å². The summed E-state index contributed by atoms with van der Waals surface area (Å²) in [5.74, 6) is -0.192. The lowest BCUT2D eigenvalue weighted by atomic mass is 10.1. The zero-order chi connectivity index (χ0) is 12.2. The van der Waals surface area contributed by atoms with Gasteiger partial charge in [-0.25, -0.2) is 4.39 Å². The van der Waals surface area contributed by atoms with Crippen molar-refractivity contribution < 1.29 is 4.39 Å². The summed E-state index contributed by atoms with van der Waals surface area (Å²) in [6.07, 6.45) is 0. The van der Waals surface area contributed by atoms with Crippen molar-refractivity contribution >= 4 is 28.3 Å². The fraction of sp³-hybridized carbons (Fsp3) is 0.500. The van der Waals surface area contributed by atoms with Gasteiger partial charge in [0.2, 0.25) is 0 Å². The molecule has 0 saturated heterocycles. The SMILES string of the molecule is CC(C)(C)NCCNc1ccc(F)cc1I. The van der Waals surface area contributed by atoms with E-state index >= 15 is 0 Å². The van der Waals surface area contributed by atoms with Crippen LogP contribution in [0.2, 0.25) is 0 Å². The average molecular weight is 336 g/mol. The van der Waals surface area contributed by atoms with Crippen LogP contribution in [0.25, 0.3) is 0 Å². The predicted octanol–water partition coefficient (Wildman–Crippen LogP) is 3.23. The molecule has 0 aliphatic rings. The first-order chi connectivity index (χ1) is 7.38. The average Bonchev–Trinajstić information content (AvgIpc) is 2.13. The summed E-state index contributed by atoms with van der Waals surface area (Å²) in [6, 6.07) is 4.77. The van der Waals surface area contributed by atoms with Crippen LogP contribution in [0.4, 0.5) is 10.1 Å². The molecule has 0 aliphatic carbocycles. The molecule has 0 heterocycles. The first kappa shape index (κ1) is 13.7. The van der Waals surface area contributed by atoms with Gasteiger partial charge in [-0.1, -0.05) is 0 Å². The smallest absolute Gasteiger partial charge is 0.124 e. The van der Waals surface area contributed by atoms with Crippen LogP contribution in [0.3, 0.4) is 0 Å². The van der Waals surface area contributed by atoms with Crippen LogP contribution in [0.15, 0.2) is 18.2 Å². The number of hydrogen-bond donors (Lipinski definition) is 2. The van der Waals surface area contributed by atoms with Gasteiger partial charge in [0.15, 0.2) is 0 Å². The predicted molar refractivity (Wildman–Crippen MR) is 75.4 cm³/mol. The molecule has 0 amide bonds. The number of hydrogen-bond acceptors (Lipinski definition) is 2. The van der Waals surface area contributed by atoms with Gasteiger partial charge in [0, 0.05) is 27.9 Å². The molecule has 2 N–H and O–H groups in total. The van der Waals surface area contributed by atoms with Gasteiger partial charge in [-0.05, 0) is 61.6 Å². The second-order valence-electron chi connectivity index (χ2n) is 4.73. The van der Waals surface area contributed by atoms with E-state index in [9.17, 15) is 4.39 Å². The van der Waals surface area contributed by atoms with E-state index in [-0.39, 0.29) is 11.4 Å². The highest BCUT2D eigenvalue weighted by atomic mass is 127. The highest BCUT2D eigenvalue weighted by Crippen LogP contribution is 2.18. The first-order valence-corrected chi connectivity index (χ1v) is 6.40. The lowest BCUT2D eigenvalue weighted by molar-refractivity contribution is 0.435. The van der Waals surface area contributed by atoms with Gasteiger partial charge in [0.25, 0.3) is 0 Å². The van der Waals surface area contributed by atoms with Crippen LogP contribution in [0.1, 0.15) is 20.8 Å². The number of anilines is 1. The van der Waals surface area contributed by atoms with E-state index in [2.05, 4.69) is 54.0 Å². The second-order valence-corrected chi connectivity index (χ2v) is 5.89. The Balaban J connectivity index is 2.38. The molecule has 1 aromatic rings. The third-order valence-electron chi connectivity index (χ3n) is 2.03. The summed E-state index contributed by atoms with van der Waals surface area (Å²) >= 11 is 2.13. The molecule has 0 spiro atoms. The maximum Gasteiger partial charge on any atom is 0.124 e. The quantitative estimate of drug-likeness (QED) is 0.652. The Morgan fingerprint density at radius 1 is 1.25 bits per heavy atom. The Kier molecular flexibility index (Phi) is 4.98. The molecule has 0 fully saturated rings. The molecule has 90 valence electrons. The summed E-state index contributed by atoms with van der Waals surface area (Å²) in [5.41, 5.74) is 1.12. The molecule has 2 nitrogen and oxygen atoms in total. The molecule has 0 atom stereocenters. The van der Waals surface area contributed by atoms with E-state index in [1.54, 1.807) is 6.07 Å². The van der Waals surface area contributed by atoms with Crippen molar-refractivity contribution in [2.75, 3.05) is 18.4 Å². The molecule has 0 unspecified atom stereocenters. The number of halogens is 2. The van der Waals surface area contributed by atoms with Gasteiger partial charge in [0.1, 0.15) is 5.82 Å². The minimum absolute atomic E-state index is 0.137. The largest absolute Gasteiger partial charge is 0.383 e.